The van der Waals surface area contributed by atoms with Gasteiger partial charge in [-0.3, -0.25) is 4.52 Å². The maximum atomic E-state index is 14.2. The second-order valence-corrected chi connectivity index (χ2v) is 6.48. The fourth-order valence-electron chi connectivity index (χ4n) is 2.70. The topological polar surface area (TPSA) is 26.3 Å². The highest BCUT2D eigenvalue weighted by Crippen LogP contribution is 2.52. The zero-order chi connectivity index (χ0) is 19.6. The van der Waals surface area contributed by atoms with E-state index in [2.05, 4.69) is 4.52 Å². The summed E-state index contributed by atoms with van der Waals surface area (Å²) >= 11 is 0. The van der Waals surface area contributed by atoms with Gasteiger partial charge in [0.05, 0.1) is 0 Å². The van der Waals surface area contributed by atoms with Gasteiger partial charge in [0.15, 0.2) is 30.5 Å². The van der Waals surface area contributed by atoms with Crippen LogP contribution in [0, 0.1) is 29.1 Å². The fourth-order valence-corrected chi connectivity index (χ4v) is 3.23. The van der Waals surface area contributed by atoms with Gasteiger partial charge in [-0.05, 0) is 11.7 Å². The average Bonchev–Trinajstić information content (AvgIpc) is 2.55. The smallest absolute Gasteiger partial charge is 0.286 e. The zero-order valence-electron chi connectivity index (χ0n) is 13.7. The van der Waals surface area contributed by atoms with E-state index in [0.717, 1.165) is 7.28 Å². The van der Waals surface area contributed by atoms with Gasteiger partial charge in [-0.15, -0.1) is 8.39 Å². The summed E-state index contributed by atoms with van der Waals surface area (Å²) in [7, 11) is -4.99. The van der Waals surface area contributed by atoms with Crippen molar-refractivity contribution in [2.75, 3.05) is 0 Å². The first-order chi connectivity index (χ1) is 11.4. The first-order valence-corrected chi connectivity index (χ1v) is 8.90. The molecule has 0 saturated carbocycles. The van der Waals surface area contributed by atoms with Crippen LogP contribution < -0.4 is 0 Å². The number of benzene rings is 1. The predicted molar refractivity (Wildman–Crippen MR) is 79.2 cm³/mol. The van der Waals surface area contributed by atoms with Gasteiger partial charge < -0.3 is 0 Å². The quantitative estimate of drug-likeness (QED) is 0.181. The molecule has 25 heavy (non-hydrogen) atoms. The van der Waals surface area contributed by atoms with Crippen molar-refractivity contribution in [2.45, 2.75) is 51.4 Å². The molecule has 0 saturated heterocycles. The molecular weight excluding hydrogens is 375 g/mol. The van der Waals surface area contributed by atoms with Crippen LogP contribution in [0.5, 0.6) is 0 Å². The summed E-state index contributed by atoms with van der Waals surface area (Å²) in [5.74, 6) is -10.6. The van der Waals surface area contributed by atoms with Crippen molar-refractivity contribution in [3.63, 3.8) is 0 Å². The molecule has 11 heteroatoms. The highest BCUT2D eigenvalue weighted by molar-refractivity contribution is 7.47. The maximum Gasteiger partial charge on any atom is 0.551 e. The van der Waals surface area contributed by atoms with Crippen molar-refractivity contribution in [3.05, 3.63) is 34.6 Å². The fraction of sp³-hybridized carbons (Fsp3) is 0.571. The maximum absolute atomic E-state index is 14.2. The molecule has 1 rings (SSSR count). The molecule has 1 aromatic rings. The lowest BCUT2D eigenvalue weighted by molar-refractivity contribution is 0.219. The minimum Gasteiger partial charge on any atom is -0.286 e. The first-order valence-electron chi connectivity index (χ1n) is 7.49. The molecule has 0 aliphatic rings. The van der Waals surface area contributed by atoms with Crippen molar-refractivity contribution in [3.8, 4) is 0 Å². The Bertz CT molecular complexity index is 647. The van der Waals surface area contributed by atoms with Crippen molar-refractivity contribution in [1.82, 2.24) is 0 Å². The molecule has 0 aromatic heterocycles. The Labute approximate surface area is 141 Å². The van der Waals surface area contributed by atoms with E-state index in [9.17, 15) is 34.9 Å². The Hall–Kier alpha value is -1.02. The van der Waals surface area contributed by atoms with Crippen molar-refractivity contribution in [2.24, 2.45) is 0 Å². The molecule has 0 bridgehead atoms. The minimum absolute atomic E-state index is 0.144. The Morgan fingerprint density at radius 3 is 1.64 bits per heavy atom. The van der Waals surface area contributed by atoms with Crippen LogP contribution in [0.2, 0.25) is 0 Å². The molecule has 1 radical (unpaired) electrons. The molecule has 2 nitrogen and oxygen atoms in total. The standard InChI is InChI=1S/C14H16BF7O2P/c1-4-7(24-25(21,22)23)15-14(5-2,6-3)8-9(16)11(18)13(20)12(19)10(8)17/h7H,4-6H2,1-3H3. The number of halogens is 7. The molecule has 0 aliphatic heterocycles. The number of rotatable bonds is 8. The molecule has 0 fully saturated rings. The summed E-state index contributed by atoms with van der Waals surface area (Å²) in [4.78, 5) is 0. The van der Waals surface area contributed by atoms with Gasteiger partial charge >= 0.3 is 7.99 Å². The number of hydrogen-bond donors (Lipinski definition) is 0. The lowest BCUT2D eigenvalue weighted by Gasteiger charge is -2.35. The summed E-state index contributed by atoms with van der Waals surface area (Å²) in [6, 6.07) is -1.50. The van der Waals surface area contributed by atoms with Crippen LogP contribution in [-0.2, 0) is 14.4 Å². The summed E-state index contributed by atoms with van der Waals surface area (Å²) < 4.78 is 109. The van der Waals surface area contributed by atoms with E-state index in [0.29, 0.717) is 0 Å². The third-order valence-corrected chi connectivity index (χ3v) is 4.65. The number of hydrogen-bond acceptors (Lipinski definition) is 2. The Kier molecular flexibility index (Phi) is 7.16. The molecule has 1 atom stereocenters. The van der Waals surface area contributed by atoms with Crippen LogP contribution in [0.25, 0.3) is 0 Å². The third kappa shape index (κ3) is 4.59. The highest BCUT2D eigenvalue weighted by Gasteiger charge is 2.42. The monoisotopic (exact) mass is 391 g/mol. The van der Waals surface area contributed by atoms with Crippen LogP contribution >= 0.6 is 7.99 Å². The lowest BCUT2D eigenvalue weighted by atomic mass is 9.44. The van der Waals surface area contributed by atoms with Crippen LogP contribution in [-0.4, -0.2) is 13.3 Å². The molecular formula is C14H16BF7O2P. The van der Waals surface area contributed by atoms with E-state index >= 15 is 0 Å². The summed E-state index contributed by atoms with van der Waals surface area (Å²) in [6.07, 6.45) is -0.468. The van der Waals surface area contributed by atoms with Gasteiger partial charge in [0.2, 0.25) is 5.82 Å². The van der Waals surface area contributed by atoms with Gasteiger partial charge in [0.1, 0.15) is 0 Å². The Morgan fingerprint density at radius 1 is 0.920 bits per heavy atom. The van der Waals surface area contributed by atoms with E-state index in [1.165, 1.54) is 20.8 Å². The van der Waals surface area contributed by atoms with E-state index in [1.54, 1.807) is 0 Å². The summed E-state index contributed by atoms with van der Waals surface area (Å²) in [5.41, 5.74) is -1.12. The Balaban J connectivity index is 3.52. The first kappa shape index (κ1) is 22.0. The van der Waals surface area contributed by atoms with E-state index in [4.69, 9.17) is 0 Å². The second kappa shape index (κ2) is 8.12. The largest absolute Gasteiger partial charge is 0.551 e. The SMILES string of the molecule is CCC([B]C(CC)(CC)c1c(F)c(F)c(F)c(F)c1F)OP(=O)(F)F. The van der Waals surface area contributed by atoms with Gasteiger partial charge in [-0.1, -0.05) is 33.6 Å². The van der Waals surface area contributed by atoms with Crippen molar-refractivity contribution >= 4 is 15.3 Å². The predicted octanol–water partition coefficient (Wildman–Crippen LogP) is 5.90. The molecule has 0 N–H and O–H groups in total. The molecule has 1 unspecified atom stereocenters. The summed E-state index contributed by atoms with van der Waals surface area (Å²) in [5, 5.41) is -1.78. The van der Waals surface area contributed by atoms with E-state index in [1.807, 2.05) is 0 Å². The van der Waals surface area contributed by atoms with Crippen molar-refractivity contribution < 1.29 is 39.4 Å². The van der Waals surface area contributed by atoms with Gasteiger partial charge in [0, 0.05) is 11.6 Å². The molecule has 0 amide bonds. The van der Waals surface area contributed by atoms with E-state index in [-0.39, 0.29) is 19.3 Å². The van der Waals surface area contributed by atoms with Crippen molar-refractivity contribution in [1.29, 1.82) is 0 Å². The van der Waals surface area contributed by atoms with Gasteiger partial charge in [-0.25, -0.2) is 26.5 Å². The van der Waals surface area contributed by atoms with Crippen LogP contribution in [0.1, 0.15) is 45.6 Å². The Morgan fingerprint density at radius 2 is 1.32 bits per heavy atom. The van der Waals surface area contributed by atoms with Crippen LogP contribution in [0.3, 0.4) is 0 Å². The summed E-state index contributed by atoms with van der Waals surface area (Å²) in [6.45, 7) is 4.18. The van der Waals surface area contributed by atoms with Crippen LogP contribution in [0.4, 0.5) is 30.3 Å². The van der Waals surface area contributed by atoms with Gasteiger partial charge in [-0.2, -0.15) is 0 Å². The molecule has 1 aromatic carbocycles. The van der Waals surface area contributed by atoms with Gasteiger partial charge in [0.25, 0.3) is 0 Å². The minimum atomic E-state index is -5.91. The van der Waals surface area contributed by atoms with Crippen LogP contribution in [0.15, 0.2) is 0 Å². The molecule has 141 valence electrons. The average molecular weight is 391 g/mol. The molecule has 0 aliphatic carbocycles. The second-order valence-electron chi connectivity index (χ2n) is 5.44. The van der Waals surface area contributed by atoms with E-state index < -0.39 is 54.0 Å². The zero-order valence-corrected chi connectivity index (χ0v) is 14.6. The highest BCUT2D eigenvalue weighted by atomic mass is 31.2. The third-order valence-electron chi connectivity index (χ3n) is 4.13. The lowest BCUT2D eigenvalue weighted by Crippen LogP contribution is -2.42. The normalized spacial score (nSPS) is 13.8. The molecule has 0 heterocycles. The molecule has 0 spiro atoms.